The highest BCUT2D eigenvalue weighted by Gasteiger charge is 2.31. The zero-order valence-corrected chi connectivity index (χ0v) is 8.38. The van der Waals surface area contributed by atoms with E-state index in [0.29, 0.717) is 0 Å². The molecule has 0 aliphatic heterocycles. The van der Waals surface area contributed by atoms with Crippen molar-refractivity contribution in [2.45, 2.75) is 26.8 Å². The quantitative estimate of drug-likeness (QED) is 0.651. The average molecular weight is 188 g/mol. The van der Waals surface area contributed by atoms with Gasteiger partial charge in [0, 0.05) is 0 Å². The second-order valence-corrected chi connectivity index (χ2v) is 3.84. The van der Waals surface area contributed by atoms with Crippen LogP contribution in [0.2, 0.25) is 0 Å². The van der Waals surface area contributed by atoms with Crippen molar-refractivity contribution < 1.29 is 14.3 Å². The van der Waals surface area contributed by atoms with Crippen molar-refractivity contribution in [1.82, 2.24) is 5.32 Å². The highest BCUT2D eigenvalue weighted by Crippen LogP contribution is 2.18. The fourth-order valence-corrected chi connectivity index (χ4v) is 0.891. The lowest BCUT2D eigenvalue weighted by atomic mass is 9.86. The van der Waals surface area contributed by atoms with E-state index in [9.17, 15) is 9.59 Å². The molecule has 1 atom stereocenters. The summed E-state index contributed by atoms with van der Waals surface area (Å²) in [7, 11) is 1.23. The molecule has 2 amide bonds. The van der Waals surface area contributed by atoms with Crippen molar-refractivity contribution in [1.29, 1.82) is 0 Å². The summed E-state index contributed by atoms with van der Waals surface area (Å²) in [6.45, 7) is 5.41. The molecule has 0 aliphatic rings. The fourth-order valence-electron chi connectivity index (χ4n) is 0.891. The minimum absolute atomic E-state index is 0.417. The van der Waals surface area contributed by atoms with Gasteiger partial charge in [-0.2, -0.15) is 0 Å². The first-order valence-corrected chi connectivity index (χ1v) is 3.93. The lowest BCUT2D eigenvalue weighted by Crippen LogP contribution is -2.51. The minimum Gasteiger partial charge on any atom is -0.453 e. The van der Waals surface area contributed by atoms with Gasteiger partial charge in [-0.3, -0.25) is 4.79 Å². The maximum atomic E-state index is 10.9. The van der Waals surface area contributed by atoms with Crippen molar-refractivity contribution in [2.75, 3.05) is 7.11 Å². The van der Waals surface area contributed by atoms with Gasteiger partial charge in [0.25, 0.3) is 0 Å². The monoisotopic (exact) mass is 188 g/mol. The van der Waals surface area contributed by atoms with Crippen LogP contribution in [0.3, 0.4) is 0 Å². The first kappa shape index (κ1) is 11.7. The molecular formula is C8H16N2O3. The summed E-state index contributed by atoms with van der Waals surface area (Å²) < 4.78 is 4.37. The van der Waals surface area contributed by atoms with Gasteiger partial charge >= 0.3 is 6.09 Å². The maximum Gasteiger partial charge on any atom is 0.407 e. The highest BCUT2D eigenvalue weighted by atomic mass is 16.5. The van der Waals surface area contributed by atoms with Gasteiger partial charge < -0.3 is 15.8 Å². The molecule has 5 heteroatoms. The molecule has 0 aliphatic carbocycles. The molecule has 0 aromatic carbocycles. The predicted molar refractivity (Wildman–Crippen MR) is 48.0 cm³/mol. The van der Waals surface area contributed by atoms with Crippen LogP contribution in [0.25, 0.3) is 0 Å². The van der Waals surface area contributed by atoms with Gasteiger partial charge in [-0.1, -0.05) is 20.8 Å². The topological polar surface area (TPSA) is 81.4 Å². The SMILES string of the molecule is COC(=O)N[C@@H](C(N)=O)C(C)(C)C. The number of carbonyl (C=O) groups excluding carboxylic acids is 2. The zero-order valence-electron chi connectivity index (χ0n) is 8.38. The first-order valence-electron chi connectivity index (χ1n) is 3.93. The second-order valence-electron chi connectivity index (χ2n) is 3.84. The molecule has 3 N–H and O–H groups in total. The third-order valence-corrected chi connectivity index (χ3v) is 1.60. The second kappa shape index (κ2) is 4.11. The third kappa shape index (κ3) is 3.78. The molecule has 0 rings (SSSR count). The lowest BCUT2D eigenvalue weighted by Gasteiger charge is -2.27. The Labute approximate surface area is 77.6 Å². The Morgan fingerprint density at radius 2 is 1.85 bits per heavy atom. The molecule has 0 saturated heterocycles. The van der Waals surface area contributed by atoms with Gasteiger partial charge in [-0.15, -0.1) is 0 Å². The van der Waals surface area contributed by atoms with Gasteiger partial charge in [-0.05, 0) is 5.41 Å². The summed E-state index contributed by atoms with van der Waals surface area (Å²) in [4.78, 5) is 21.8. The number of primary amides is 1. The van der Waals surface area contributed by atoms with E-state index >= 15 is 0 Å². The normalized spacial score (nSPS) is 13.2. The van der Waals surface area contributed by atoms with E-state index in [2.05, 4.69) is 10.1 Å². The predicted octanol–water partition coefficient (Wildman–Crippen LogP) is 0.242. The minimum atomic E-state index is -0.722. The standard InChI is InChI=1S/C8H16N2O3/c1-8(2,3)5(6(9)11)10-7(12)13-4/h5H,1-4H3,(H2,9,11)(H,10,12)/t5-/m0/s1. The zero-order chi connectivity index (χ0) is 10.6. The number of alkyl carbamates (subject to hydrolysis) is 1. The Kier molecular flexibility index (Phi) is 3.71. The van der Waals surface area contributed by atoms with Gasteiger partial charge in [0.2, 0.25) is 5.91 Å². The molecule has 0 spiro atoms. The van der Waals surface area contributed by atoms with E-state index in [4.69, 9.17) is 5.73 Å². The Hall–Kier alpha value is -1.26. The number of amides is 2. The van der Waals surface area contributed by atoms with Crippen molar-refractivity contribution >= 4 is 12.0 Å². The molecule has 76 valence electrons. The molecule has 5 nitrogen and oxygen atoms in total. The number of ether oxygens (including phenoxy) is 1. The van der Waals surface area contributed by atoms with Crippen LogP contribution in [0.4, 0.5) is 4.79 Å². The largest absolute Gasteiger partial charge is 0.453 e. The lowest BCUT2D eigenvalue weighted by molar-refractivity contribution is -0.122. The van der Waals surface area contributed by atoms with Crippen LogP contribution in [0.1, 0.15) is 20.8 Å². The number of carbonyl (C=O) groups is 2. The number of hydrogen-bond acceptors (Lipinski definition) is 3. The van der Waals surface area contributed by atoms with Crippen LogP contribution >= 0.6 is 0 Å². The third-order valence-electron chi connectivity index (χ3n) is 1.60. The van der Waals surface area contributed by atoms with Crippen molar-refractivity contribution in [3.05, 3.63) is 0 Å². The molecule has 0 unspecified atom stereocenters. The Bertz CT molecular complexity index is 208. The molecule has 0 bridgehead atoms. The molecule has 0 heterocycles. The molecule has 0 radical (unpaired) electrons. The van der Waals surface area contributed by atoms with Gasteiger partial charge in [0.1, 0.15) is 6.04 Å². The summed E-state index contributed by atoms with van der Waals surface area (Å²) in [6.07, 6.45) is -0.654. The van der Waals surface area contributed by atoms with Crippen LogP contribution < -0.4 is 11.1 Å². The Balaban J connectivity index is 4.46. The molecule has 0 fully saturated rings. The summed E-state index contributed by atoms with van der Waals surface area (Å²) in [5.41, 5.74) is 4.70. The van der Waals surface area contributed by atoms with E-state index in [1.165, 1.54) is 7.11 Å². The molecular weight excluding hydrogens is 172 g/mol. The average Bonchev–Trinajstić information content (AvgIpc) is 1.96. The van der Waals surface area contributed by atoms with Gasteiger partial charge in [-0.25, -0.2) is 4.79 Å². The van der Waals surface area contributed by atoms with Gasteiger partial charge in [0.15, 0.2) is 0 Å². The molecule has 0 saturated carbocycles. The van der Waals surface area contributed by atoms with Crippen LogP contribution in [0, 0.1) is 5.41 Å². The van der Waals surface area contributed by atoms with Crippen molar-refractivity contribution in [3.63, 3.8) is 0 Å². The van der Waals surface area contributed by atoms with E-state index in [0.717, 1.165) is 0 Å². The highest BCUT2D eigenvalue weighted by molar-refractivity contribution is 5.84. The molecule has 13 heavy (non-hydrogen) atoms. The van der Waals surface area contributed by atoms with E-state index in [1.54, 1.807) is 20.8 Å². The van der Waals surface area contributed by atoms with E-state index in [1.807, 2.05) is 0 Å². The molecule has 0 aromatic heterocycles. The fraction of sp³-hybridized carbons (Fsp3) is 0.750. The number of hydrogen-bond donors (Lipinski definition) is 2. The van der Waals surface area contributed by atoms with E-state index in [-0.39, 0.29) is 0 Å². The summed E-state index contributed by atoms with van der Waals surface area (Å²) in [6, 6.07) is -0.722. The summed E-state index contributed by atoms with van der Waals surface area (Å²) in [5, 5.41) is 2.37. The smallest absolute Gasteiger partial charge is 0.407 e. The number of methoxy groups -OCH3 is 1. The summed E-state index contributed by atoms with van der Waals surface area (Å²) in [5.74, 6) is -0.571. The number of nitrogens with one attached hydrogen (secondary N) is 1. The van der Waals surface area contributed by atoms with Crippen LogP contribution in [-0.2, 0) is 9.53 Å². The van der Waals surface area contributed by atoms with Gasteiger partial charge in [0.05, 0.1) is 7.11 Å². The van der Waals surface area contributed by atoms with E-state index < -0.39 is 23.5 Å². The van der Waals surface area contributed by atoms with Crippen LogP contribution in [0.5, 0.6) is 0 Å². The van der Waals surface area contributed by atoms with Crippen LogP contribution in [-0.4, -0.2) is 25.2 Å². The Morgan fingerprint density at radius 1 is 1.38 bits per heavy atom. The van der Waals surface area contributed by atoms with Crippen molar-refractivity contribution in [2.24, 2.45) is 11.1 Å². The number of nitrogens with two attached hydrogens (primary N) is 1. The number of rotatable bonds is 2. The maximum absolute atomic E-state index is 10.9. The Morgan fingerprint density at radius 3 is 2.08 bits per heavy atom. The first-order chi connectivity index (χ1) is 5.79. The van der Waals surface area contributed by atoms with Crippen LogP contribution in [0.15, 0.2) is 0 Å². The summed E-state index contributed by atoms with van der Waals surface area (Å²) >= 11 is 0. The van der Waals surface area contributed by atoms with Crippen molar-refractivity contribution in [3.8, 4) is 0 Å². The molecule has 0 aromatic rings.